The minimum Gasteiger partial charge on any atom is -0.448 e. The summed E-state index contributed by atoms with van der Waals surface area (Å²) in [6, 6.07) is 10.9. The Labute approximate surface area is 148 Å². The predicted molar refractivity (Wildman–Crippen MR) is 93.0 cm³/mol. The van der Waals surface area contributed by atoms with Crippen molar-refractivity contribution in [3.05, 3.63) is 58.3 Å². The van der Waals surface area contributed by atoms with Gasteiger partial charge in [0.2, 0.25) is 0 Å². The predicted octanol–water partition coefficient (Wildman–Crippen LogP) is 3.09. The largest absolute Gasteiger partial charge is 0.448 e. The van der Waals surface area contributed by atoms with Gasteiger partial charge in [-0.15, -0.1) is 0 Å². The lowest BCUT2D eigenvalue weighted by molar-refractivity contribution is 0.102. The Hall–Kier alpha value is -2.41. The van der Waals surface area contributed by atoms with E-state index in [-0.39, 0.29) is 12.0 Å². The lowest BCUT2D eigenvalue weighted by atomic mass is 10.1. The molecule has 1 fully saturated rings. The Kier molecular flexibility index (Phi) is 5.10. The van der Waals surface area contributed by atoms with Crippen LogP contribution in [0.3, 0.4) is 0 Å². The van der Waals surface area contributed by atoms with Crippen LogP contribution in [-0.4, -0.2) is 41.6 Å². The smallest absolute Gasteiger partial charge is 0.409 e. The summed E-state index contributed by atoms with van der Waals surface area (Å²) in [7, 11) is 0. The first kappa shape index (κ1) is 16.4. The third-order valence-electron chi connectivity index (χ3n) is 3.69. The van der Waals surface area contributed by atoms with Crippen molar-refractivity contribution < 1.29 is 14.3 Å². The van der Waals surface area contributed by atoms with Crippen molar-refractivity contribution in [3.8, 4) is 0 Å². The number of cyclic esters (lactones) is 1. The molecule has 2 aromatic rings. The van der Waals surface area contributed by atoms with Crippen LogP contribution in [0, 0.1) is 0 Å². The average Bonchev–Trinajstić information content (AvgIpc) is 3.01. The van der Waals surface area contributed by atoms with Crippen molar-refractivity contribution in [2.45, 2.75) is 6.42 Å². The molecule has 0 unspecified atom stereocenters. The van der Waals surface area contributed by atoms with Crippen LogP contribution in [0.15, 0.2) is 47.1 Å². The molecule has 124 valence electrons. The van der Waals surface area contributed by atoms with Gasteiger partial charge in [-0.3, -0.25) is 9.78 Å². The number of carbonyl (C=O) groups is 2. The molecule has 3 rings (SSSR count). The number of hydrogen-bond donors (Lipinski definition) is 1. The van der Waals surface area contributed by atoms with Gasteiger partial charge in [-0.1, -0.05) is 12.1 Å². The molecule has 2 amide bonds. The molecule has 0 spiro atoms. The maximum atomic E-state index is 12.1. The molecule has 0 radical (unpaired) electrons. The number of amides is 2. The van der Waals surface area contributed by atoms with Gasteiger partial charge in [0.15, 0.2) is 0 Å². The summed E-state index contributed by atoms with van der Waals surface area (Å²) < 4.78 is 5.69. The van der Waals surface area contributed by atoms with Crippen molar-refractivity contribution in [1.82, 2.24) is 9.88 Å². The highest BCUT2D eigenvalue weighted by molar-refractivity contribution is 9.10. The number of benzene rings is 1. The average molecular weight is 390 g/mol. The topological polar surface area (TPSA) is 71.5 Å². The summed E-state index contributed by atoms with van der Waals surface area (Å²) in [5.41, 5.74) is 2.11. The van der Waals surface area contributed by atoms with E-state index in [2.05, 4.69) is 26.2 Å². The van der Waals surface area contributed by atoms with E-state index in [1.54, 1.807) is 29.3 Å². The van der Waals surface area contributed by atoms with Gasteiger partial charge in [0.05, 0.1) is 12.2 Å². The monoisotopic (exact) mass is 389 g/mol. The highest BCUT2D eigenvalue weighted by atomic mass is 79.9. The SMILES string of the molecule is O=C(Nc1ccc(CCN2CCOC2=O)cc1Br)c1ccccn1. The van der Waals surface area contributed by atoms with Crippen molar-refractivity contribution >= 4 is 33.6 Å². The number of nitrogens with one attached hydrogen (secondary N) is 1. The molecule has 0 saturated carbocycles. The molecular formula is C17H16BrN3O3. The van der Waals surface area contributed by atoms with Crippen LogP contribution in [0.4, 0.5) is 10.5 Å². The second-order valence-electron chi connectivity index (χ2n) is 5.33. The molecule has 2 heterocycles. The standard InChI is InChI=1S/C17H16BrN3O3/c18-13-11-12(6-8-21-9-10-24-17(21)23)4-5-14(13)20-16(22)15-3-1-2-7-19-15/h1-5,7,11H,6,8-10H2,(H,20,22). The zero-order valence-corrected chi connectivity index (χ0v) is 14.5. The molecule has 1 aliphatic heterocycles. The number of hydrogen-bond acceptors (Lipinski definition) is 4. The van der Waals surface area contributed by atoms with Crippen LogP contribution in [0.1, 0.15) is 16.1 Å². The molecule has 7 heteroatoms. The molecule has 1 saturated heterocycles. The van der Waals surface area contributed by atoms with E-state index in [1.165, 1.54) is 0 Å². The zero-order chi connectivity index (χ0) is 16.9. The third kappa shape index (κ3) is 3.91. The summed E-state index contributed by atoms with van der Waals surface area (Å²) in [5, 5.41) is 2.83. The zero-order valence-electron chi connectivity index (χ0n) is 12.9. The molecular weight excluding hydrogens is 374 g/mol. The molecule has 1 aliphatic rings. The molecule has 1 aromatic carbocycles. The lowest BCUT2D eigenvalue weighted by Gasteiger charge is -2.13. The van der Waals surface area contributed by atoms with Gasteiger partial charge in [-0.25, -0.2) is 4.79 Å². The molecule has 0 atom stereocenters. The van der Waals surface area contributed by atoms with E-state index in [0.717, 1.165) is 16.5 Å². The van der Waals surface area contributed by atoms with Crippen LogP contribution in [0.5, 0.6) is 0 Å². The summed E-state index contributed by atoms with van der Waals surface area (Å²) >= 11 is 3.47. The number of halogens is 1. The third-order valence-corrected chi connectivity index (χ3v) is 4.35. The van der Waals surface area contributed by atoms with Crippen LogP contribution in [-0.2, 0) is 11.2 Å². The Morgan fingerprint density at radius 3 is 2.88 bits per heavy atom. The van der Waals surface area contributed by atoms with Gasteiger partial charge in [0.1, 0.15) is 12.3 Å². The van der Waals surface area contributed by atoms with Crippen LogP contribution >= 0.6 is 15.9 Å². The van der Waals surface area contributed by atoms with E-state index in [1.807, 2.05) is 18.2 Å². The first-order valence-electron chi connectivity index (χ1n) is 7.56. The Morgan fingerprint density at radius 1 is 1.33 bits per heavy atom. The lowest BCUT2D eigenvalue weighted by Crippen LogP contribution is -2.26. The highest BCUT2D eigenvalue weighted by Crippen LogP contribution is 2.24. The number of nitrogens with zero attached hydrogens (tertiary/aromatic N) is 2. The molecule has 0 bridgehead atoms. The fourth-order valence-electron chi connectivity index (χ4n) is 2.39. The number of anilines is 1. The van der Waals surface area contributed by atoms with Crippen molar-refractivity contribution in [2.75, 3.05) is 25.0 Å². The second kappa shape index (κ2) is 7.44. The van der Waals surface area contributed by atoms with Crippen molar-refractivity contribution in [2.24, 2.45) is 0 Å². The fourth-order valence-corrected chi connectivity index (χ4v) is 2.92. The van der Waals surface area contributed by atoms with Crippen molar-refractivity contribution in [3.63, 3.8) is 0 Å². The number of ether oxygens (including phenoxy) is 1. The van der Waals surface area contributed by atoms with Gasteiger partial charge >= 0.3 is 6.09 Å². The number of aromatic nitrogens is 1. The van der Waals surface area contributed by atoms with E-state index >= 15 is 0 Å². The highest BCUT2D eigenvalue weighted by Gasteiger charge is 2.21. The van der Waals surface area contributed by atoms with Gasteiger partial charge in [-0.2, -0.15) is 0 Å². The van der Waals surface area contributed by atoms with Gasteiger partial charge in [0.25, 0.3) is 5.91 Å². The normalized spacial score (nSPS) is 13.7. The van der Waals surface area contributed by atoms with E-state index in [0.29, 0.717) is 31.1 Å². The Morgan fingerprint density at radius 2 is 2.21 bits per heavy atom. The maximum absolute atomic E-state index is 12.1. The van der Waals surface area contributed by atoms with E-state index < -0.39 is 0 Å². The van der Waals surface area contributed by atoms with Crippen LogP contribution in [0.25, 0.3) is 0 Å². The Bertz CT molecular complexity index is 752. The second-order valence-corrected chi connectivity index (χ2v) is 6.19. The summed E-state index contributed by atoms with van der Waals surface area (Å²) in [5.74, 6) is -0.260. The summed E-state index contributed by atoms with van der Waals surface area (Å²) in [6.07, 6.45) is 2.05. The minimum absolute atomic E-state index is 0.256. The first-order valence-corrected chi connectivity index (χ1v) is 8.35. The van der Waals surface area contributed by atoms with E-state index in [9.17, 15) is 9.59 Å². The summed E-state index contributed by atoms with van der Waals surface area (Å²) in [6.45, 7) is 1.71. The van der Waals surface area contributed by atoms with Gasteiger partial charge in [0, 0.05) is 17.2 Å². The molecule has 1 aromatic heterocycles. The molecule has 24 heavy (non-hydrogen) atoms. The summed E-state index contributed by atoms with van der Waals surface area (Å²) in [4.78, 5) is 29.3. The molecule has 1 N–H and O–H groups in total. The van der Waals surface area contributed by atoms with Gasteiger partial charge < -0.3 is 15.0 Å². The maximum Gasteiger partial charge on any atom is 0.409 e. The quantitative estimate of drug-likeness (QED) is 0.852. The van der Waals surface area contributed by atoms with E-state index in [4.69, 9.17) is 4.74 Å². The van der Waals surface area contributed by atoms with Crippen molar-refractivity contribution in [1.29, 1.82) is 0 Å². The van der Waals surface area contributed by atoms with Gasteiger partial charge in [-0.05, 0) is 52.2 Å². The Balaban J connectivity index is 1.62. The first-order chi connectivity index (χ1) is 11.6. The molecule has 0 aliphatic carbocycles. The molecule has 6 nitrogen and oxygen atoms in total. The minimum atomic E-state index is -0.260. The number of pyridine rings is 1. The van der Waals surface area contributed by atoms with Crippen LogP contribution in [0.2, 0.25) is 0 Å². The number of carbonyl (C=O) groups excluding carboxylic acids is 2. The number of rotatable bonds is 5. The van der Waals surface area contributed by atoms with Crippen LogP contribution < -0.4 is 5.32 Å². The fraction of sp³-hybridized carbons (Fsp3) is 0.235.